The molecule has 0 aliphatic carbocycles. The summed E-state index contributed by atoms with van der Waals surface area (Å²) in [4.78, 5) is 24.8. The van der Waals surface area contributed by atoms with Crippen molar-refractivity contribution in [2.75, 3.05) is 12.1 Å². The predicted molar refractivity (Wildman–Crippen MR) is 88.8 cm³/mol. The van der Waals surface area contributed by atoms with Crippen molar-refractivity contribution in [3.63, 3.8) is 0 Å². The largest absolute Gasteiger partial charge is 0.454 e. The van der Waals surface area contributed by atoms with E-state index in [9.17, 15) is 4.79 Å². The Morgan fingerprint density at radius 2 is 2.00 bits per heavy atom. The Balaban J connectivity index is 1.42. The van der Waals surface area contributed by atoms with Crippen LogP contribution in [0.1, 0.15) is 11.4 Å². The van der Waals surface area contributed by atoms with Gasteiger partial charge in [0, 0.05) is 12.4 Å². The van der Waals surface area contributed by atoms with Gasteiger partial charge in [-0.3, -0.25) is 9.36 Å². The monoisotopic (exact) mass is 337 g/mol. The molecule has 1 amide bonds. The fourth-order valence-corrected chi connectivity index (χ4v) is 2.54. The second kappa shape index (κ2) is 6.23. The van der Waals surface area contributed by atoms with E-state index in [-0.39, 0.29) is 19.1 Å². The van der Waals surface area contributed by atoms with Crippen LogP contribution in [0.15, 0.2) is 43.0 Å². The van der Waals surface area contributed by atoms with Gasteiger partial charge in [0.15, 0.2) is 11.5 Å². The number of carbonyl (C=O) groups is 1. The number of imidazole rings is 1. The van der Waals surface area contributed by atoms with Crippen LogP contribution in [0.2, 0.25) is 0 Å². The number of ether oxygens (including phenoxy) is 2. The van der Waals surface area contributed by atoms with Crippen LogP contribution in [-0.2, 0) is 11.2 Å². The summed E-state index contributed by atoms with van der Waals surface area (Å²) in [6.45, 7) is 2.08. The van der Waals surface area contributed by atoms with Gasteiger partial charge in [0.2, 0.25) is 18.6 Å². The van der Waals surface area contributed by atoms with Gasteiger partial charge in [0.25, 0.3) is 0 Å². The SMILES string of the molecule is Cc1nccn1-c1ncc(NC(=O)Cc2ccc3c(c2)OCO3)cn1. The minimum atomic E-state index is -0.158. The number of nitrogens with zero attached hydrogens (tertiary/aromatic N) is 4. The summed E-state index contributed by atoms with van der Waals surface area (Å²) in [5.74, 6) is 2.49. The Labute approximate surface area is 143 Å². The van der Waals surface area contributed by atoms with E-state index in [1.54, 1.807) is 35.4 Å². The number of fused-ring (bicyclic) bond motifs is 1. The summed E-state index contributed by atoms with van der Waals surface area (Å²) in [6, 6.07) is 5.45. The van der Waals surface area contributed by atoms with Crippen LogP contribution < -0.4 is 14.8 Å². The summed E-state index contributed by atoms with van der Waals surface area (Å²) in [6.07, 6.45) is 6.82. The molecule has 0 saturated carbocycles. The first-order chi connectivity index (χ1) is 12.2. The number of hydrogen-bond acceptors (Lipinski definition) is 6. The van der Waals surface area contributed by atoms with E-state index in [2.05, 4.69) is 20.3 Å². The average molecular weight is 337 g/mol. The fourth-order valence-electron chi connectivity index (χ4n) is 2.54. The van der Waals surface area contributed by atoms with E-state index in [0.717, 1.165) is 11.4 Å². The molecule has 0 radical (unpaired) electrons. The van der Waals surface area contributed by atoms with Crippen LogP contribution in [0.4, 0.5) is 5.69 Å². The van der Waals surface area contributed by atoms with Crippen molar-refractivity contribution >= 4 is 11.6 Å². The molecule has 3 heterocycles. The van der Waals surface area contributed by atoms with Crippen LogP contribution in [0.5, 0.6) is 11.5 Å². The van der Waals surface area contributed by atoms with E-state index >= 15 is 0 Å². The zero-order chi connectivity index (χ0) is 17.2. The third kappa shape index (κ3) is 3.14. The Morgan fingerprint density at radius 3 is 2.76 bits per heavy atom. The van der Waals surface area contributed by atoms with Crippen molar-refractivity contribution in [2.24, 2.45) is 0 Å². The van der Waals surface area contributed by atoms with Crippen molar-refractivity contribution in [1.82, 2.24) is 19.5 Å². The standard InChI is InChI=1S/C17H15N5O3/c1-11-18-4-5-22(11)17-19-8-13(9-20-17)21-16(23)7-12-2-3-14-15(6-12)25-10-24-14/h2-6,8-9H,7,10H2,1H3,(H,21,23). The number of rotatable bonds is 4. The molecule has 25 heavy (non-hydrogen) atoms. The molecular formula is C17H15N5O3. The third-order valence-electron chi connectivity index (χ3n) is 3.76. The highest BCUT2D eigenvalue weighted by atomic mass is 16.7. The van der Waals surface area contributed by atoms with Gasteiger partial charge in [-0.15, -0.1) is 0 Å². The number of anilines is 1. The Hall–Kier alpha value is -3.42. The number of aromatic nitrogens is 4. The van der Waals surface area contributed by atoms with E-state index < -0.39 is 0 Å². The van der Waals surface area contributed by atoms with Gasteiger partial charge in [-0.25, -0.2) is 15.0 Å². The maximum Gasteiger partial charge on any atom is 0.235 e. The van der Waals surface area contributed by atoms with E-state index in [1.807, 2.05) is 19.1 Å². The molecule has 8 heteroatoms. The number of hydrogen-bond donors (Lipinski definition) is 1. The molecule has 0 bridgehead atoms. The van der Waals surface area contributed by atoms with Crippen molar-refractivity contribution in [3.8, 4) is 17.4 Å². The minimum Gasteiger partial charge on any atom is -0.454 e. The highest BCUT2D eigenvalue weighted by Crippen LogP contribution is 2.32. The smallest absolute Gasteiger partial charge is 0.235 e. The molecule has 4 rings (SSSR count). The molecule has 0 saturated heterocycles. The fraction of sp³-hybridized carbons (Fsp3) is 0.176. The quantitative estimate of drug-likeness (QED) is 0.782. The summed E-state index contributed by atoms with van der Waals surface area (Å²) in [7, 11) is 0. The number of aryl methyl sites for hydroxylation is 1. The zero-order valence-electron chi connectivity index (χ0n) is 13.5. The van der Waals surface area contributed by atoms with Crippen molar-refractivity contribution in [2.45, 2.75) is 13.3 Å². The van der Waals surface area contributed by atoms with Crippen LogP contribution in [-0.4, -0.2) is 32.2 Å². The van der Waals surface area contributed by atoms with Gasteiger partial charge >= 0.3 is 0 Å². The number of carbonyl (C=O) groups excluding carboxylic acids is 1. The summed E-state index contributed by atoms with van der Waals surface area (Å²) < 4.78 is 12.3. The van der Waals surface area contributed by atoms with Crippen LogP contribution in [0, 0.1) is 6.92 Å². The molecule has 0 fully saturated rings. The molecular weight excluding hydrogens is 322 g/mol. The summed E-state index contributed by atoms with van der Waals surface area (Å²) in [5, 5.41) is 2.78. The first kappa shape index (κ1) is 15.1. The second-order valence-corrected chi connectivity index (χ2v) is 5.53. The molecule has 0 atom stereocenters. The Kier molecular flexibility index (Phi) is 3.77. The van der Waals surface area contributed by atoms with E-state index in [0.29, 0.717) is 23.1 Å². The highest BCUT2D eigenvalue weighted by molar-refractivity contribution is 5.92. The van der Waals surface area contributed by atoms with E-state index in [4.69, 9.17) is 9.47 Å². The first-order valence-corrected chi connectivity index (χ1v) is 7.70. The van der Waals surface area contributed by atoms with E-state index in [1.165, 1.54) is 0 Å². The number of nitrogens with one attached hydrogen (secondary N) is 1. The number of amides is 1. The van der Waals surface area contributed by atoms with Crippen LogP contribution in [0.25, 0.3) is 5.95 Å². The van der Waals surface area contributed by atoms with Gasteiger partial charge < -0.3 is 14.8 Å². The molecule has 126 valence electrons. The molecule has 1 aromatic carbocycles. The van der Waals surface area contributed by atoms with Gasteiger partial charge in [0.1, 0.15) is 5.82 Å². The molecule has 2 aromatic heterocycles. The molecule has 3 aromatic rings. The second-order valence-electron chi connectivity index (χ2n) is 5.53. The lowest BCUT2D eigenvalue weighted by atomic mass is 10.1. The van der Waals surface area contributed by atoms with Crippen LogP contribution >= 0.6 is 0 Å². The lowest BCUT2D eigenvalue weighted by molar-refractivity contribution is -0.115. The highest BCUT2D eigenvalue weighted by Gasteiger charge is 2.14. The lowest BCUT2D eigenvalue weighted by Crippen LogP contribution is -2.15. The average Bonchev–Trinajstić information content (AvgIpc) is 3.24. The lowest BCUT2D eigenvalue weighted by Gasteiger charge is -2.07. The van der Waals surface area contributed by atoms with Gasteiger partial charge in [-0.2, -0.15) is 0 Å². The predicted octanol–water partition coefficient (Wildman–Crippen LogP) is 1.88. The topological polar surface area (TPSA) is 91.2 Å². The van der Waals surface area contributed by atoms with Crippen molar-refractivity contribution < 1.29 is 14.3 Å². The van der Waals surface area contributed by atoms with Crippen molar-refractivity contribution in [1.29, 1.82) is 0 Å². The number of benzene rings is 1. The zero-order valence-corrected chi connectivity index (χ0v) is 13.5. The summed E-state index contributed by atoms with van der Waals surface area (Å²) in [5.41, 5.74) is 1.38. The first-order valence-electron chi connectivity index (χ1n) is 7.70. The molecule has 0 unspecified atom stereocenters. The van der Waals surface area contributed by atoms with Crippen LogP contribution in [0.3, 0.4) is 0 Å². The molecule has 1 aliphatic heterocycles. The van der Waals surface area contributed by atoms with Crippen molar-refractivity contribution in [3.05, 3.63) is 54.4 Å². The van der Waals surface area contributed by atoms with Gasteiger partial charge in [-0.1, -0.05) is 6.07 Å². The third-order valence-corrected chi connectivity index (χ3v) is 3.76. The molecule has 0 spiro atoms. The maximum atomic E-state index is 12.2. The molecule has 8 nitrogen and oxygen atoms in total. The molecule has 1 N–H and O–H groups in total. The Bertz CT molecular complexity index is 920. The van der Waals surface area contributed by atoms with Gasteiger partial charge in [-0.05, 0) is 24.6 Å². The maximum absolute atomic E-state index is 12.2. The normalized spacial score (nSPS) is 12.2. The molecule has 1 aliphatic rings. The van der Waals surface area contributed by atoms with Gasteiger partial charge in [0.05, 0.1) is 24.5 Å². The summed E-state index contributed by atoms with van der Waals surface area (Å²) >= 11 is 0. The minimum absolute atomic E-state index is 0.158. The Morgan fingerprint density at radius 1 is 1.20 bits per heavy atom.